The van der Waals surface area contributed by atoms with Crippen molar-refractivity contribution in [3.63, 3.8) is 0 Å². The molecule has 0 radical (unpaired) electrons. The highest BCUT2D eigenvalue weighted by Crippen LogP contribution is 2.25. The molecular weight excluding hydrogens is 339 g/mol. The Morgan fingerprint density at radius 3 is 2.88 bits per heavy atom. The second kappa shape index (κ2) is 8.29. The highest BCUT2D eigenvalue weighted by Gasteiger charge is 2.20. The Morgan fingerprint density at radius 1 is 1.32 bits per heavy atom. The third kappa shape index (κ3) is 4.92. The Kier molecular flexibility index (Phi) is 5.86. The first kappa shape index (κ1) is 17.7. The van der Waals surface area contributed by atoms with Crippen LogP contribution in [0.3, 0.4) is 0 Å². The zero-order valence-electron chi connectivity index (χ0n) is 14.1. The monoisotopic (exact) mass is 360 g/mol. The fraction of sp³-hybridized carbons (Fsp3) is 0.389. The van der Waals surface area contributed by atoms with E-state index in [0.29, 0.717) is 11.7 Å². The summed E-state index contributed by atoms with van der Waals surface area (Å²) in [7, 11) is 0. The lowest BCUT2D eigenvalue weighted by Crippen LogP contribution is -2.38. The van der Waals surface area contributed by atoms with Gasteiger partial charge >= 0.3 is 0 Å². The van der Waals surface area contributed by atoms with Crippen molar-refractivity contribution in [2.45, 2.75) is 37.3 Å². The van der Waals surface area contributed by atoms with Crippen molar-refractivity contribution in [2.75, 3.05) is 22.5 Å². The van der Waals surface area contributed by atoms with Crippen LogP contribution in [0.15, 0.2) is 41.7 Å². The molecule has 0 bridgehead atoms. The molecule has 1 N–H and O–H groups in total. The second-order valence-electron chi connectivity index (χ2n) is 6.10. The Hall–Kier alpha value is -2.15. The Bertz CT molecular complexity index is 725. The number of hydrogen-bond donors (Lipinski definition) is 1. The number of halogens is 1. The summed E-state index contributed by atoms with van der Waals surface area (Å²) in [6, 6.07) is 8.13. The standard InChI is InChI=1S/C18H21FN4OS/c1-13-4-2-3-9-23(13)16-10-18(21-12-20-16)25-11-17(24)22-15-7-5-14(19)6-8-15/h5-8,10,12-13H,2-4,9,11H2,1H3,(H,22,24)/t13-/m1/s1. The number of anilines is 2. The lowest BCUT2D eigenvalue weighted by Gasteiger charge is -2.34. The van der Waals surface area contributed by atoms with E-state index in [1.807, 2.05) is 6.07 Å². The maximum atomic E-state index is 12.9. The van der Waals surface area contributed by atoms with Crippen LogP contribution in [0.25, 0.3) is 0 Å². The molecule has 7 heteroatoms. The summed E-state index contributed by atoms with van der Waals surface area (Å²) in [6.45, 7) is 3.22. The summed E-state index contributed by atoms with van der Waals surface area (Å²) in [5, 5.41) is 3.52. The van der Waals surface area contributed by atoms with Crippen LogP contribution in [0.2, 0.25) is 0 Å². The minimum Gasteiger partial charge on any atom is -0.354 e. The molecule has 1 aromatic carbocycles. The fourth-order valence-electron chi connectivity index (χ4n) is 2.87. The molecule has 3 rings (SSSR count). The summed E-state index contributed by atoms with van der Waals surface area (Å²) in [6.07, 6.45) is 5.16. The zero-order chi connectivity index (χ0) is 17.6. The number of piperidine rings is 1. The van der Waals surface area contributed by atoms with E-state index in [1.54, 1.807) is 18.5 Å². The van der Waals surface area contributed by atoms with Gasteiger partial charge in [0.2, 0.25) is 5.91 Å². The van der Waals surface area contributed by atoms with Crippen molar-refractivity contribution >= 4 is 29.2 Å². The van der Waals surface area contributed by atoms with Crippen molar-refractivity contribution < 1.29 is 9.18 Å². The largest absolute Gasteiger partial charge is 0.354 e. The predicted octanol–water partition coefficient (Wildman–Crippen LogP) is 3.73. The third-order valence-electron chi connectivity index (χ3n) is 4.20. The van der Waals surface area contributed by atoms with Gasteiger partial charge in [-0.15, -0.1) is 0 Å². The number of carbonyl (C=O) groups excluding carboxylic acids is 1. The van der Waals surface area contributed by atoms with Crippen molar-refractivity contribution in [1.29, 1.82) is 0 Å². The molecule has 1 aliphatic rings. The van der Waals surface area contributed by atoms with Gasteiger partial charge in [0.25, 0.3) is 0 Å². The molecule has 1 amide bonds. The van der Waals surface area contributed by atoms with Crippen molar-refractivity contribution in [3.8, 4) is 0 Å². The van der Waals surface area contributed by atoms with Gasteiger partial charge in [0.1, 0.15) is 23.0 Å². The van der Waals surface area contributed by atoms with Gasteiger partial charge in [-0.2, -0.15) is 0 Å². The number of aromatic nitrogens is 2. The number of nitrogens with one attached hydrogen (secondary N) is 1. The first-order valence-electron chi connectivity index (χ1n) is 8.39. The van der Waals surface area contributed by atoms with Crippen LogP contribution in [0.1, 0.15) is 26.2 Å². The van der Waals surface area contributed by atoms with Crippen LogP contribution in [0, 0.1) is 5.82 Å². The van der Waals surface area contributed by atoms with Gasteiger partial charge in [0.05, 0.1) is 5.75 Å². The predicted molar refractivity (Wildman–Crippen MR) is 98.4 cm³/mol. The molecule has 0 unspecified atom stereocenters. The highest BCUT2D eigenvalue weighted by atomic mass is 32.2. The van der Waals surface area contributed by atoms with Crippen LogP contribution in [0.4, 0.5) is 15.9 Å². The SMILES string of the molecule is C[C@@H]1CCCCN1c1cc(SCC(=O)Nc2ccc(F)cc2)ncn1. The minimum atomic E-state index is -0.326. The smallest absolute Gasteiger partial charge is 0.234 e. The molecule has 2 heterocycles. The summed E-state index contributed by atoms with van der Waals surface area (Å²) < 4.78 is 12.9. The first-order valence-corrected chi connectivity index (χ1v) is 9.37. The van der Waals surface area contributed by atoms with Crippen LogP contribution < -0.4 is 10.2 Å². The Labute approximate surface area is 151 Å². The van der Waals surface area contributed by atoms with Crippen molar-refractivity contribution in [3.05, 3.63) is 42.5 Å². The topological polar surface area (TPSA) is 58.1 Å². The quantitative estimate of drug-likeness (QED) is 0.650. The van der Waals surface area contributed by atoms with Gasteiger partial charge in [-0.1, -0.05) is 11.8 Å². The van der Waals surface area contributed by atoms with Crippen LogP contribution in [0.5, 0.6) is 0 Å². The van der Waals surface area contributed by atoms with Crippen molar-refractivity contribution in [2.24, 2.45) is 0 Å². The summed E-state index contributed by atoms with van der Waals surface area (Å²) in [4.78, 5) is 23.0. The third-order valence-corrected chi connectivity index (χ3v) is 5.13. The number of benzene rings is 1. The second-order valence-corrected chi connectivity index (χ2v) is 7.09. The van der Waals surface area contributed by atoms with Gasteiger partial charge in [-0.3, -0.25) is 4.79 Å². The maximum absolute atomic E-state index is 12.9. The highest BCUT2D eigenvalue weighted by molar-refractivity contribution is 7.99. The van der Waals surface area contributed by atoms with E-state index in [1.165, 1.54) is 43.2 Å². The first-order chi connectivity index (χ1) is 12.1. The van der Waals surface area contributed by atoms with Crippen molar-refractivity contribution in [1.82, 2.24) is 9.97 Å². The number of nitrogens with zero attached hydrogens (tertiary/aromatic N) is 3. The molecule has 1 saturated heterocycles. The molecule has 0 saturated carbocycles. The molecule has 5 nitrogen and oxygen atoms in total. The van der Waals surface area contributed by atoms with Crippen LogP contribution in [-0.2, 0) is 4.79 Å². The lowest BCUT2D eigenvalue weighted by atomic mass is 10.0. The lowest BCUT2D eigenvalue weighted by molar-refractivity contribution is -0.113. The normalized spacial score (nSPS) is 17.4. The Morgan fingerprint density at radius 2 is 2.12 bits per heavy atom. The van der Waals surface area contributed by atoms with E-state index in [-0.39, 0.29) is 17.5 Å². The zero-order valence-corrected chi connectivity index (χ0v) is 14.9. The maximum Gasteiger partial charge on any atom is 0.234 e. The molecule has 0 spiro atoms. The molecule has 1 fully saturated rings. The summed E-state index contributed by atoms with van der Waals surface area (Å²) in [5.74, 6) is 0.684. The summed E-state index contributed by atoms with van der Waals surface area (Å²) in [5.41, 5.74) is 0.581. The molecule has 132 valence electrons. The number of carbonyl (C=O) groups is 1. The molecule has 2 aromatic rings. The number of thioether (sulfide) groups is 1. The fourth-order valence-corrected chi connectivity index (χ4v) is 3.54. The number of rotatable bonds is 5. The average Bonchev–Trinajstić information content (AvgIpc) is 2.63. The molecule has 1 atom stereocenters. The van der Waals surface area contributed by atoms with E-state index in [2.05, 4.69) is 27.1 Å². The molecular formula is C18H21FN4OS. The van der Waals surface area contributed by atoms with E-state index in [4.69, 9.17) is 0 Å². The van der Waals surface area contributed by atoms with Gasteiger partial charge in [-0.25, -0.2) is 14.4 Å². The van der Waals surface area contributed by atoms with E-state index < -0.39 is 0 Å². The molecule has 0 aliphatic carbocycles. The van der Waals surface area contributed by atoms with Gasteiger partial charge in [0, 0.05) is 24.3 Å². The molecule has 1 aliphatic heterocycles. The van der Waals surface area contributed by atoms with E-state index >= 15 is 0 Å². The van der Waals surface area contributed by atoms with Gasteiger partial charge in [-0.05, 0) is 50.5 Å². The van der Waals surface area contributed by atoms with Gasteiger partial charge in [0.15, 0.2) is 0 Å². The van der Waals surface area contributed by atoms with Crippen LogP contribution in [-0.4, -0.2) is 34.2 Å². The number of hydrogen-bond acceptors (Lipinski definition) is 5. The van der Waals surface area contributed by atoms with E-state index in [0.717, 1.165) is 17.4 Å². The van der Waals surface area contributed by atoms with Crippen LogP contribution >= 0.6 is 11.8 Å². The summed E-state index contributed by atoms with van der Waals surface area (Å²) >= 11 is 1.37. The number of amides is 1. The average molecular weight is 360 g/mol. The Balaban J connectivity index is 1.56. The van der Waals surface area contributed by atoms with E-state index in [9.17, 15) is 9.18 Å². The minimum absolute atomic E-state index is 0.150. The molecule has 25 heavy (non-hydrogen) atoms. The molecule has 1 aromatic heterocycles. The van der Waals surface area contributed by atoms with Gasteiger partial charge < -0.3 is 10.2 Å².